The highest BCUT2D eigenvalue weighted by molar-refractivity contribution is 6.34. The number of hydrogen-bond acceptors (Lipinski definition) is 3. The molecule has 0 radical (unpaired) electrons. The van der Waals surface area contributed by atoms with Crippen molar-refractivity contribution in [2.45, 2.75) is 19.4 Å². The van der Waals surface area contributed by atoms with Crippen LogP contribution >= 0.6 is 23.2 Å². The molecule has 0 bridgehead atoms. The van der Waals surface area contributed by atoms with Crippen LogP contribution in [0.25, 0.3) is 0 Å². The van der Waals surface area contributed by atoms with Crippen molar-refractivity contribution in [3.8, 4) is 0 Å². The molecule has 0 saturated carbocycles. The second-order valence-electron chi connectivity index (χ2n) is 5.15. The molecule has 1 heterocycles. The third kappa shape index (κ3) is 4.46. The number of halogens is 2. The monoisotopic (exact) mass is 355 g/mol. The summed E-state index contributed by atoms with van der Waals surface area (Å²) in [6.45, 7) is 1.68. The van der Waals surface area contributed by atoms with Crippen LogP contribution in [0.1, 0.15) is 21.6 Å². The lowest BCUT2D eigenvalue weighted by molar-refractivity contribution is -0.139. The summed E-state index contributed by atoms with van der Waals surface area (Å²) in [7, 11) is 1.69. The van der Waals surface area contributed by atoms with Crippen molar-refractivity contribution in [2.24, 2.45) is 7.05 Å². The lowest BCUT2D eigenvalue weighted by atomic mass is 10.1. The topological polar surface area (TPSA) is 84.2 Å². The molecular weight excluding hydrogens is 341 g/mol. The highest BCUT2D eigenvalue weighted by atomic mass is 35.5. The maximum absolute atomic E-state index is 12.2. The molecule has 1 atom stereocenters. The average Bonchev–Trinajstić information content (AvgIpc) is 2.75. The van der Waals surface area contributed by atoms with Crippen LogP contribution in [0.3, 0.4) is 0 Å². The van der Waals surface area contributed by atoms with E-state index in [1.165, 1.54) is 4.68 Å². The van der Waals surface area contributed by atoms with Crippen LogP contribution in [0.2, 0.25) is 10.0 Å². The Morgan fingerprint density at radius 3 is 2.39 bits per heavy atom. The Kier molecular flexibility index (Phi) is 5.28. The largest absolute Gasteiger partial charge is 0.480 e. The van der Waals surface area contributed by atoms with E-state index in [2.05, 4.69) is 10.4 Å². The lowest BCUT2D eigenvalue weighted by Gasteiger charge is -2.15. The summed E-state index contributed by atoms with van der Waals surface area (Å²) in [4.78, 5) is 23.7. The van der Waals surface area contributed by atoms with E-state index in [1.54, 1.807) is 38.4 Å². The Morgan fingerprint density at radius 2 is 1.91 bits per heavy atom. The van der Waals surface area contributed by atoms with E-state index in [0.717, 1.165) is 0 Å². The Balaban J connectivity index is 2.17. The SMILES string of the molecule is Cc1nn(C)cc1C(=O)NC(Cc1cc(Cl)cc(Cl)c1)C(=O)O. The van der Waals surface area contributed by atoms with Crippen LogP contribution in [0, 0.1) is 6.92 Å². The van der Waals surface area contributed by atoms with Crippen molar-refractivity contribution in [3.05, 3.63) is 51.3 Å². The van der Waals surface area contributed by atoms with Crippen molar-refractivity contribution >= 4 is 35.1 Å². The number of benzene rings is 1. The minimum atomic E-state index is -1.14. The van der Waals surface area contributed by atoms with Crippen molar-refractivity contribution in [2.75, 3.05) is 0 Å². The summed E-state index contributed by atoms with van der Waals surface area (Å²) in [6, 6.07) is 3.69. The van der Waals surface area contributed by atoms with Gasteiger partial charge < -0.3 is 10.4 Å². The van der Waals surface area contributed by atoms with Gasteiger partial charge in [0.2, 0.25) is 0 Å². The molecule has 6 nitrogen and oxygen atoms in total. The lowest BCUT2D eigenvalue weighted by Crippen LogP contribution is -2.42. The third-order valence-electron chi connectivity index (χ3n) is 3.22. The highest BCUT2D eigenvalue weighted by Gasteiger charge is 2.23. The van der Waals surface area contributed by atoms with Crippen LogP contribution < -0.4 is 5.32 Å². The first-order valence-electron chi connectivity index (χ1n) is 6.75. The number of carboxylic acid groups (broad SMARTS) is 1. The molecule has 122 valence electrons. The molecule has 0 spiro atoms. The van der Waals surface area contributed by atoms with E-state index in [-0.39, 0.29) is 6.42 Å². The predicted molar refractivity (Wildman–Crippen MR) is 87.0 cm³/mol. The Hall–Kier alpha value is -2.05. The molecule has 0 aliphatic heterocycles. The van der Waals surface area contributed by atoms with E-state index in [9.17, 15) is 14.7 Å². The van der Waals surface area contributed by atoms with Crippen LogP contribution in [0.15, 0.2) is 24.4 Å². The van der Waals surface area contributed by atoms with Gasteiger partial charge >= 0.3 is 5.97 Å². The smallest absolute Gasteiger partial charge is 0.326 e. The molecule has 23 heavy (non-hydrogen) atoms. The van der Waals surface area contributed by atoms with Crippen LogP contribution in [-0.2, 0) is 18.3 Å². The molecule has 0 saturated heterocycles. The quantitative estimate of drug-likeness (QED) is 0.862. The summed E-state index contributed by atoms with van der Waals surface area (Å²) in [6.07, 6.45) is 1.61. The number of aromatic nitrogens is 2. The fourth-order valence-electron chi connectivity index (χ4n) is 2.22. The third-order valence-corrected chi connectivity index (χ3v) is 3.66. The molecule has 1 aromatic heterocycles. The second-order valence-corrected chi connectivity index (χ2v) is 6.02. The van der Waals surface area contributed by atoms with Gasteiger partial charge in [-0.25, -0.2) is 4.79 Å². The normalized spacial score (nSPS) is 12.0. The molecule has 0 fully saturated rings. The zero-order chi connectivity index (χ0) is 17.1. The molecule has 1 unspecified atom stereocenters. The van der Waals surface area contributed by atoms with Crippen molar-refractivity contribution in [3.63, 3.8) is 0 Å². The number of amides is 1. The molecule has 1 amide bonds. The van der Waals surface area contributed by atoms with Crippen LogP contribution in [-0.4, -0.2) is 32.8 Å². The van der Waals surface area contributed by atoms with E-state index in [4.69, 9.17) is 23.2 Å². The molecule has 2 rings (SSSR count). The standard InChI is InChI=1S/C15H15Cl2N3O3/c1-8-12(7-20(2)19-8)14(21)18-13(15(22)23)5-9-3-10(16)6-11(17)4-9/h3-4,6-7,13H,5H2,1-2H3,(H,18,21)(H,22,23). The minimum absolute atomic E-state index is 0.0701. The van der Waals surface area contributed by atoms with Gasteiger partial charge in [-0.3, -0.25) is 9.48 Å². The molecule has 1 aromatic carbocycles. The fraction of sp³-hybridized carbons (Fsp3) is 0.267. The molecule has 2 N–H and O–H groups in total. The average molecular weight is 356 g/mol. The summed E-state index contributed by atoms with van der Waals surface area (Å²) in [5.41, 5.74) is 1.49. The Morgan fingerprint density at radius 1 is 1.30 bits per heavy atom. The Labute approximate surface area is 143 Å². The molecule has 2 aromatic rings. The van der Waals surface area contributed by atoms with Crippen LogP contribution in [0.4, 0.5) is 0 Å². The summed E-state index contributed by atoms with van der Waals surface area (Å²) in [5, 5.41) is 16.7. The number of aryl methyl sites for hydroxylation is 2. The fourth-order valence-corrected chi connectivity index (χ4v) is 2.79. The number of carbonyl (C=O) groups excluding carboxylic acids is 1. The summed E-state index contributed by atoms with van der Waals surface area (Å²) < 4.78 is 1.50. The van der Waals surface area contributed by atoms with E-state index in [0.29, 0.717) is 26.9 Å². The maximum Gasteiger partial charge on any atom is 0.326 e. The second kappa shape index (κ2) is 7.02. The van der Waals surface area contributed by atoms with E-state index in [1.807, 2.05) is 0 Å². The van der Waals surface area contributed by atoms with Crippen molar-refractivity contribution in [1.82, 2.24) is 15.1 Å². The van der Waals surface area contributed by atoms with Gasteiger partial charge in [0.1, 0.15) is 6.04 Å². The molecule has 0 aliphatic rings. The van der Waals surface area contributed by atoms with Gasteiger partial charge in [0, 0.05) is 29.7 Å². The summed E-state index contributed by atoms with van der Waals surface area (Å²) >= 11 is 11.8. The van der Waals surface area contributed by atoms with Gasteiger partial charge in [-0.2, -0.15) is 5.10 Å². The van der Waals surface area contributed by atoms with Gasteiger partial charge in [0.15, 0.2) is 0 Å². The maximum atomic E-state index is 12.2. The van der Waals surface area contributed by atoms with Crippen molar-refractivity contribution < 1.29 is 14.7 Å². The Bertz CT molecular complexity index is 738. The van der Waals surface area contributed by atoms with Crippen molar-refractivity contribution in [1.29, 1.82) is 0 Å². The first kappa shape index (κ1) is 17.3. The number of nitrogens with zero attached hydrogens (tertiary/aromatic N) is 2. The molecule has 8 heteroatoms. The molecule has 0 aliphatic carbocycles. The first-order valence-corrected chi connectivity index (χ1v) is 7.50. The predicted octanol–water partition coefficient (Wildman–Crippen LogP) is 2.46. The minimum Gasteiger partial charge on any atom is -0.480 e. The first-order chi connectivity index (χ1) is 10.8. The zero-order valence-electron chi connectivity index (χ0n) is 12.5. The van der Waals surface area contributed by atoms with Gasteiger partial charge in [0.25, 0.3) is 5.91 Å². The molecular formula is C15H15Cl2N3O3. The van der Waals surface area contributed by atoms with E-state index >= 15 is 0 Å². The number of carboxylic acids is 1. The number of nitrogens with one attached hydrogen (secondary N) is 1. The zero-order valence-corrected chi connectivity index (χ0v) is 14.0. The number of hydrogen-bond donors (Lipinski definition) is 2. The van der Waals surface area contributed by atoms with Gasteiger partial charge in [-0.05, 0) is 30.7 Å². The highest BCUT2D eigenvalue weighted by Crippen LogP contribution is 2.20. The number of rotatable bonds is 5. The number of carbonyl (C=O) groups is 2. The van der Waals surface area contributed by atoms with Gasteiger partial charge in [0.05, 0.1) is 11.3 Å². The summed E-state index contributed by atoms with van der Waals surface area (Å²) in [5.74, 6) is -1.63. The van der Waals surface area contributed by atoms with E-state index < -0.39 is 17.9 Å². The van der Waals surface area contributed by atoms with Gasteiger partial charge in [-0.15, -0.1) is 0 Å². The van der Waals surface area contributed by atoms with Crippen LogP contribution in [0.5, 0.6) is 0 Å². The number of aliphatic carboxylic acids is 1. The van der Waals surface area contributed by atoms with Gasteiger partial charge in [-0.1, -0.05) is 23.2 Å².